The third-order valence-corrected chi connectivity index (χ3v) is 18.8. The summed E-state index contributed by atoms with van der Waals surface area (Å²) in [6.45, 7) is 4.81. The molecule has 0 saturated carbocycles. The number of hydrogen-bond acceptors (Lipinski definition) is 6. The second-order valence-corrected chi connectivity index (χ2v) is 28.8. The highest BCUT2D eigenvalue weighted by atomic mass is 31.2. The van der Waals surface area contributed by atoms with E-state index in [1.807, 2.05) is 21.1 Å². The van der Waals surface area contributed by atoms with Crippen LogP contribution in [0, 0.1) is 0 Å². The Balaban J connectivity index is 3.94. The summed E-state index contributed by atoms with van der Waals surface area (Å²) in [5, 5.41) is 14.1. The highest BCUT2D eigenvalue weighted by Crippen LogP contribution is 2.38. The summed E-state index contributed by atoms with van der Waals surface area (Å²) in [5.74, 6) is -0.152. The second-order valence-electron chi connectivity index (χ2n) is 27.4. The van der Waals surface area contributed by atoms with Crippen LogP contribution in [0.5, 0.6) is 0 Å². The standard InChI is InChI=1S/C73H149N2O6P/c1-6-8-10-12-14-16-18-20-22-24-26-28-30-32-34-36-37-39-41-43-45-47-49-51-53-55-57-59-61-63-65-67-73(77)74-71(70-81-82(78,79)80-69-68-75(3,4)5)72(76)66-64-62-60-58-56-54-52-50-48-46-44-42-40-38-35-33-31-29-27-25-23-21-19-17-15-13-11-9-7-2/h71-72,76H,6-70H2,1-5H3,(H-,74,77,78,79). The largest absolute Gasteiger partial charge is 0.756 e. The monoisotopic (exact) mass is 1180 g/mol. The van der Waals surface area contributed by atoms with Gasteiger partial charge in [-0.1, -0.05) is 393 Å². The lowest BCUT2D eigenvalue weighted by Crippen LogP contribution is -2.46. The highest BCUT2D eigenvalue weighted by Gasteiger charge is 2.24. The first kappa shape index (κ1) is 81.5. The Kier molecular flexibility index (Phi) is 64.6. The number of phosphoric acid groups is 1. The van der Waals surface area contributed by atoms with Crippen LogP contribution in [-0.2, 0) is 18.4 Å². The van der Waals surface area contributed by atoms with Gasteiger partial charge >= 0.3 is 0 Å². The number of quaternary nitrogens is 1. The second kappa shape index (κ2) is 65.0. The number of aliphatic hydroxyl groups excluding tert-OH is 1. The Morgan fingerprint density at radius 1 is 0.378 bits per heavy atom. The van der Waals surface area contributed by atoms with E-state index in [4.69, 9.17) is 9.05 Å². The van der Waals surface area contributed by atoms with Crippen molar-refractivity contribution in [3.05, 3.63) is 0 Å². The van der Waals surface area contributed by atoms with Gasteiger partial charge in [-0.05, 0) is 12.8 Å². The average Bonchev–Trinajstić information content (AvgIpc) is 3.47. The number of carbonyl (C=O) groups is 1. The van der Waals surface area contributed by atoms with Crippen LogP contribution in [0.15, 0.2) is 0 Å². The van der Waals surface area contributed by atoms with E-state index in [-0.39, 0.29) is 19.1 Å². The molecule has 0 aliphatic rings. The molecule has 2 N–H and O–H groups in total. The van der Waals surface area contributed by atoms with E-state index < -0.39 is 20.0 Å². The molecule has 3 atom stereocenters. The zero-order chi connectivity index (χ0) is 59.8. The minimum absolute atomic E-state index is 0.0171. The van der Waals surface area contributed by atoms with Crippen molar-refractivity contribution in [1.82, 2.24) is 5.32 Å². The Labute approximate surface area is 514 Å². The number of rotatable bonds is 71. The van der Waals surface area contributed by atoms with Gasteiger partial charge in [-0.25, -0.2) is 0 Å². The van der Waals surface area contributed by atoms with Crippen LogP contribution in [0.25, 0.3) is 0 Å². The van der Waals surface area contributed by atoms with Crippen molar-refractivity contribution in [2.75, 3.05) is 40.9 Å². The molecule has 0 aromatic rings. The Morgan fingerprint density at radius 2 is 0.598 bits per heavy atom. The third-order valence-electron chi connectivity index (χ3n) is 17.8. The number of carbonyl (C=O) groups excluding carboxylic acids is 1. The van der Waals surface area contributed by atoms with Crippen molar-refractivity contribution in [3.8, 4) is 0 Å². The fourth-order valence-electron chi connectivity index (χ4n) is 12.0. The van der Waals surface area contributed by atoms with Gasteiger partial charge in [0, 0.05) is 6.42 Å². The van der Waals surface area contributed by atoms with E-state index in [0.29, 0.717) is 23.9 Å². The molecule has 0 fully saturated rings. The van der Waals surface area contributed by atoms with Crippen molar-refractivity contribution in [1.29, 1.82) is 0 Å². The SMILES string of the molecule is CCCCCCCCCCCCCCCCCCCCCCCCCCCCCCCCCC(=O)NC(COP(=O)([O-])OCC[N+](C)(C)C)C(O)CCCCCCCCCCCCCCCCCCCCCCCCCCCCCCC. The van der Waals surface area contributed by atoms with E-state index in [1.54, 1.807) is 0 Å². The minimum Gasteiger partial charge on any atom is -0.756 e. The fraction of sp³-hybridized carbons (Fsp3) is 0.986. The molecular formula is C73H149N2O6P. The summed E-state index contributed by atoms with van der Waals surface area (Å²) < 4.78 is 23.6. The van der Waals surface area contributed by atoms with Gasteiger partial charge in [0.1, 0.15) is 13.2 Å². The molecule has 0 spiro atoms. The molecule has 492 valence electrons. The Hall–Kier alpha value is -0.500. The van der Waals surface area contributed by atoms with Crippen LogP contribution in [0.1, 0.15) is 412 Å². The third kappa shape index (κ3) is 67.0. The Morgan fingerprint density at radius 3 is 0.829 bits per heavy atom. The molecule has 0 aromatic carbocycles. The van der Waals surface area contributed by atoms with E-state index in [9.17, 15) is 19.4 Å². The van der Waals surface area contributed by atoms with Crippen molar-refractivity contribution in [2.45, 2.75) is 424 Å². The molecule has 0 bridgehead atoms. The number of likely N-dealkylation sites (N-methyl/N-ethyl adjacent to an activating group) is 1. The van der Waals surface area contributed by atoms with Gasteiger partial charge in [0.15, 0.2) is 0 Å². The zero-order valence-electron chi connectivity index (χ0n) is 56.5. The maximum Gasteiger partial charge on any atom is 0.268 e. The first-order valence-electron chi connectivity index (χ1n) is 37.4. The highest BCUT2D eigenvalue weighted by molar-refractivity contribution is 7.45. The molecule has 0 aliphatic heterocycles. The van der Waals surface area contributed by atoms with Gasteiger partial charge in [0.2, 0.25) is 5.91 Å². The molecule has 0 aliphatic carbocycles. The number of unbranched alkanes of at least 4 members (excludes halogenated alkanes) is 58. The van der Waals surface area contributed by atoms with E-state index in [1.165, 1.54) is 347 Å². The Bertz CT molecular complexity index is 1300. The smallest absolute Gasteiger partial charge is 0.268 e. The maximum absolute atomic E-state index is 13.1. The van der Waals surface area contributed by atoms with Crippen molar-refractivity contribution in [2.24, 2.45) is 0 Å². The first-order chi connectivity index (χ1) is 40.0. The van der Waals surface area contributed by atoms with Gasteiger partial charge < -0.3 is 28.8 Å². The van der Waals surface area contributed by atoms with Crippen LogP contribution in [0.4, 0.5) is 0 Å². The summed E-state index contributed by atoms with van der Waals surface area (Å²) >= 11 is 0. The minimum atomic E-state index is -4.58. The normalized spacial score (nSPS) is 13.5. The first-order valence-corrected chi connectivity index (χ1v) is 38.8. The van der Waals surface area contributed by atoms with Gasteiger partial charge in [-0.15, -0.1) is 0 Å². The van der Waals surface area contributed by atoms with Gasteiger partial charge in [0.25, 0.3) is 7.82 Å². The van der Waals surface area contributed by atoms with Crippen molar-refractivity contribution >= 4 is 13.7 Å². The molecule has 3 unspecified atom stereocenters. The maximum atomic E-state index is 13.1. The average molecular weight is 1180 g/mol. The van der Waals surface area contributed by atoms with Crippen LogP contribution in [0.2, 0.25) is 0 Å². The summed E-state index contributed by atoms with van der Waals surface area (Å²) in [7, 11) is 1.33. The van der Waals surface area contributed by atoms with Gasteiger partial charge in [-0.3, -0.25) is 9.36 Å². The summed E-state index contributed by atoms with van der Waals surface area (Å²) in [5.41, 5.74) is 0. The molecule has 1 amide bonds. The number of phosphoric ester groups is 1. The molecule has 0 radical (unpaired) electrons. The molecule has 0 rings (SSSR count). The fourth-order valence-corrected chi connectivity index (χ4v) is 12.8. The van der Waals surface area contributed by atoms with Crippen LogP contribution in [0.3, 0.4) is 0 Å². The molecule has 8 nitrogen and oxygen atoms in total. The lowest BCUT2D eigenvalue weighted by molar-refractivity contribution is -0.870. The molecule has 0 aromatic heterocycles. The number of aliphatic hydroxyl groups is 1. The summed E-state index contributed by atoms with van der Waals surface area (Å²) in [4.78, 5) is 25.7. The number of amides is 1. The molecule has 9 heteroatoms. The topological polar surface area (TPSA) is 108 Å². The molecule has 0 heterocycles. The number of nitrogens with zero attached hydrogens (tertiary/aromatic N) is 1. The van der Waals surface area contributed by atoms with Crippen molar-refractivity contribution < 1.29 is 32.9 Å². The van der Waals surface area contributed by atoms with E-state index in [0.717, 1.165) is 38.5 Å². The molecule has 0 saturated heterocycles. The molecular weight excluding hydrogens is 1030 g/mol. The van der Waals surface area contributed by atoms with E-state index >= 15 is 0 Å². The number of hydrogen-bond donors (Lipinski definition) is 2. The van der Waals surface area contributed by atoms with Gasteiger partial charge in [0.05, 0.1) is 39.9 Å². The van der Waals surface area contributed by atoms with Crippen LogP contribution in [-0.4, -0.2) is 68.5 Å². The predicted molar refractivity (Wildman–Crippen MR) is 358 cm³/mol. The zero-order valence-corrected chi connectivity index (χ0v) is 57.4. The van der Waals surface area contributed by atoms with Crippen molar-refractivity contribution in [3.63, 3.8) is 0 Å². The van der Waals surface area contributed by atoms with Crippen LogP contribution >= 0.6 is 7.82 Å². The summed E-state index contributed by atoms with van der Waals surface area (Å²) in [6, 6.07) is -0.797. The lowest BCUT2D eigenvalue weighted by Gasteiger charge is -2.30. The predicted octanol–water partition coefficient (Wildman–Crippen LogP) is 23.3. The number of nitrogens with one attached hydrogen (secondary N) is 1. The van der Waals surface area contributed by atoms with E-state index in [2.05, 4.69) is 19.2 Å². The lowest BCUT2D eigenvalue weighted by atomic mass is 10.0. The van der Waals surface area contributed by atoms with Gasteiger partial charge in [-0.2, -0.15) is 0 Å². The molecule has 82 heavy (non-hydrogen) atoms. The summed E-state index contributed by atoms with van der Waals surface area (Å²) in [6.07, 6.45) is 82.0. The quantitative estimate of drug-likeness (QED) is 0.0357. The van der Waals surface area contributed by atoms with Crippen LogP contribution < -0.4 is 10.2 Å².